The molecule has 0 atom stereocenters. The highest BCUT2D eigenvalue weighted by atomic mass is 16.6. The number of terminal acetylenes is 1. The van der Waals surface area contributed by atoms with Crippen LogP contribution in [0.1, 0.15) is 33.1 Å². The van der Waals surface area contributed by atoms with Crippen molar-refractivity contribution in [2.45, 2.75) is 12.8 Å². The summed E-state index contributed by atoms with van der Waals surface area (Å²) in [6.45, 7) is 1.54. The second kappa shape index (κ2) is 8.28. The van der Waals surface area contributed by atoms with Crippen LogP contribution < -0.4 is 4.90 Å². The van der Waals surface area contributed by atoms with Gasteiger partial charge in [0.2, 0.25) is 5.95 Å². The summed E-state index contributed by atoms with van der Waals surface area (Å²) in [7, 11) is 0. The topological polar surface area (TPSA) is 92.6 Å². The molecular formula is C24H19N3O4. The standard InChI is InChI=1S/C24H19N3O4/c1-3-12-27(23-25-13-20(22(28)29)15(2)26-23)24(30)31-14-21-18-10-6-4-8-16(18)17-9-5-7-11-19(17)21/h1,4-11,13,21H,12,14H2,2H3,(H,28,29). The number of aryl methyl sites for hydroxylation is 1. The Labute approximate surface area is 179 Å². The highest BCUT2D eigenvalue weighted by molar-refractivity contribution is 5.90. The number of carboxylic acid groups (broad SMARTS) is 1. The van der Waals surface area contributed by atoms with Crippen LogP contribution in [0.5, 0.6) is 0 Å². The van der Waals surface area contributed by atoms with Gasteiger partial charge in [-0.25, -0.2) is 24.5 Å². The van der Waals surface area contributed by atoms with Gasteiger partial charge in [-0.15, -0.1) is 6.42 Å². The SMILES string of the molecule is C#CCN(C(=O)OCC1c2ccccc2-c2ccccc21)c1ncc(C(=O)O)c(C)n1. The van der Waals surface area contributed by atoms with Crippen LogP contribution in [0.3, 0.4) is 0 Å². The van der Waals surface area contributed by atoms with Gasteiger partial charge in [-0.3, -0.25) is 0 Å². The number of carboxylic acids is 1. The normalized spacial score (nSPS) is 11.9. The summed E-state index contributed by atoms with van der Waals surface area (Å²) in [6.07, 6.45) is 5.88. The fraction of sp³-hybridized carbons (Fsp3) is 0.167. The van der Waals surface area contributed by atoms with Crippen LogP contribution in [-0.2, 0) is 4.74 Å². The molecule has 4 rings (SSSR count). The molecular weight excluding hydrogens is 394 g/mol. The molecule has 1 amide bonds. The number of amides is 1. The van der Waals surface area contributed by atoms with Crippen molar-refractivity contribution >= 4 is 18.0 Å². The van der Waals surface area contributed by atoms with Gasteiger partial charge in [0.15, 0.2) is 0 Å². The first-order chi connectivity index (χ1) is 15.0. The molecule has 0 saturated carbocycles. The molecule has 31 heavy (non-hydrogen) atoms. The number of aromatic nitrogens is 2. The van der Waals surface area contributed by atoms with Crippen molar-refractivity contribution in [1.29, 1.82) is 0 Å². The molecule has 0 spiro atoms. The third-order valence-electron chi connectivity index (χ3n) is 5.24. The Hall–Kier alpha value is -4.18. The van der Waals surface area contributed by atoms with Gasteiger partial charge in [-0.1, -0.05) is 54.5 Å². The molecule has 3 aromatic rings. The van der Waals surface area contributed by atoms with E-state index in [-0.39, 0.29) is 36.3 Å². The van der Waals surface area contributed by atoms with Crippen molar-refractivity contribution in [3.05, 3.63) is 77.1 Å². The van der Waals surface area contributed by atoms with E-state index in [0.717, 1.165) is 33.4 Å². The van der Waals surface area contributed by atoms with Crippen molar-refractivity contribution in [2.24, 2.45) is 0 Å². The van der Waals surface area contributed by atoms with E-state index >= 15 is 0 Å². The third-order valence-corrected chi connectivity index (χ3v) is 5.24. The van der Waals surface area contributed by atoms with E-state index in [2.05, 4.69) is 28.0 Å². The average molecular weight is 413 g/mol. The molecule has 0 radical (unpaired) electrons. The smallest absolute Gasteiger partial charge is 0.417 e. The number of nitrogens with zero attached hydrogens (tertiary/aromatic N) is 3. The molecule has 1 N–H and O–H groups in total. The van der Waals surface area contributed by atoms with Crippen molar-refractivity contribution in [1.82, 2.24) is 9.97 Å². The van der Waals surface area contributed by atoms with E-state index in [0.29, 0.717) is 0 Å². The van der Waals surface area contributed by atoms with Gasteiger partial charge in [0.05, 0.1) is 17.8 Å². The van der Waals surface area contributed by atoms with Gasteiger partial charge in [-0.2, -0.15) is 0 Å². The molecule has 0 bridgehead atoms. The zero-order valence-corrected chi connectivity index (χ0v) is 16.8. The third kappa shape index (κ3) is 3.71. The molecule has 7 nitrogen and oxygen atoms in total. The number of rotatable bonds is 5. The van der Waals surface area contributed by atoms with Gasteiger partial charge < -0.3 is 9.84 Å². The minimum atomic E-state index is -1.14. The van der Waals surface area contributed by atoms with E-state index in [9.17, 15) is 9.59 Å². The molecule has 0 unspecified atom stereocenters. The minimum absolute atomic E-state index is 0.00216. The van der Waals surface area contributed by atoms with Crippen LogP contribution in [0.15, 0.2) is 54.7 Å². The molecule has 1 heterocycles. The summed E-state index contributed by atoms with van der Waals surface area (Å²) >= 11 is 0. The Bertz CT molecular complexity index is 1170. The van der Waals surface area contributed by atoms with Crippen molar-refractivity contribution in [3.8, 4) is 23.5 Å². The number of hydrogen-bond acceptors (Lipinski definition) is 5. The lowest BCUT2D eigenvalue weighted by atomic mass is 9.98. The van der Waals surface area contributed by atoms with Crippen LogP contribution in [-0.4, -0.2) is 40.3 Å². The van der Waals surface area contributed by atoms with Gasteiger partial charge in [0.25, 0.3) is 0 Å². The Morgan fingerprint density at radius 3 is 2.29 bits per heavy atom. The predicted octanol–water partition coefficient (Wildman–Crippen LogP) is 3.87. The lowest BCUT2D eigenvalue weighted by molar-refractivity contribution is 0.0695. The Kier molecular flexibility index (Phi) is 5.37. The quantitative estimate of drug-likeness (QED) is 0.639. The number of ether oxygens (including phenoxy) is 1. The second-order valence-corrected chi connectivity index (χ2v) is 7.07. The molecule has 2 aromatic carbocycles. The summed E-state index contributed by atoms with van der Waals surface area (Å²) in [4.78, 5) is 33.3. The number of benzene rings is 2. The molecule has 1 aliphatic rings. The number of carbonyl (C=O) groups excluding carboxylic acids is 1. The monoisotopic (exact) mass is 413 g/mol. The first-order valence-electron chi connectivity index (χ1n) is 9.64. The number of anilines is 1. The molecule has 0 fully saturated rings. The number of fused-ring (bicyclic) bond motifs is 3. The zero-order valence-electron chi connectivity index (χ0n) is 16.8. The van der Waals surface area contributed by atoms with Gasteiger partial charge in [-0.05, 0) is 29.2 Å². The van der Waals surface area contributed by atoms with E-state index < -0.39 is 12.1 Å². The average Bonchev–Trinajstić information content (AvgIpc) is 3.09. The molecule has 154 valence electrons. The number of carbonyl (C=O) groups is 2. The molecule has 0 saturated heterocycles. The van der Waals surface area contributed by atoms with Crippen LogP contribution in [0, 0.1) is 19.3 Å². The van der Waals surface area contributed by atoms with Gasteiger partial charge >= 0.3 is 12.1 Å². The summed E-state index contributed by atoms with van der Waals surface area (Å²) in [5.74, 6) is 1.15. The number of aromatic carboxylic acids is 1. The maximum atomic E-state index is 12.9. The molecule has 1 aliphatic carbocycles. The van der Waals surface area contributed by atoms with E-state index in [4.69, 9.17) is 16.3 Å². The van der Waals surface area contributed by atoms with E-state index in [1.165, 1.54) is 6.92 Å². The largest absolute Gasteiger partial charge is 0.478 e. The molecule has 7 heteroatoms. The highest BCUT2D eigenvalue weighted by Gasteiger charge is 2.30. The van der Waals surface area contributed by atoms with E-state index in [1.807, 2.05) is 36.4 Å². The molecule has 0 aliphatic heterocycles. The van der Waals surface area contributed by atoms with Crippen LogP contribution >= 0.6 is 0 Å². The first kappa shape index (κ1) is 20.1. The summed E-state index contributed by atoms with van der Waals surface area (Å²) in [5.41, 5.74) is 4.63. The fourth-order valence-corrected chi connectivity index (χ4v) is 3.77. The Morgan fingerprint density at radius 1 is 1.13 bits per heavy atom. The Morgan fingerprint density at radius 2 is 1.74 bits per heavy atom. The maximum absolute atomic E-state index is 12.9. The van der Waals surface area contributed by atoms with Crippen LogP contribution in [0.2, 0.25) is 0 Å². The second-order valence-electron chi connectivity index (χ2n) is 7.07. The first-order valence-corrected chi connectivity index (χ1v) is 9.64. The van der Waals surface area contributed by atoms with Gasteiger partial charge in [0.1, 0.15) is 6.61 Å². The van der Waals surface area contributed by atoms with Crippen molar-refractivity contribution < 1.29 is 19.4 Å². The van der Waals surface area contributed by atoms with Crippen molar-refractivity contribution in [2.75, 3.05) is 18.1 Å². The Balaban J connectivity index is 1.57. The summed E-state index contributed by atoms with van der Waals surface area (Å²) in [5, 5.41) is 9.16. The van der Waals surface area contributed by atoms with E-state index in [1.54, 1.807) is 0 Å². The predicted molar refractivity (Wildman–Crippen MR) is 115 cm³/mol. The van der Waals surface area contributed by atoms with Crippen LogP contribution in [0.4, 0.5) is 10.7 Å². The summed E-state index contributed by atoms with van der Waals surface area (Å²) < 4.78 is 5.62. The lowest BCUT2D eigenvalue weighted by Crippen LogP contribution is -2.34. The zero-order chi connectivity index (χ0) is 22.0. The highest BCUT2D eigenvalue weighted by Crippen LogP contribution is 2.44. The fourth-order valence-electron chi connectivity index (χ4n) is 3.77. The number of hydrogen-bond donors (Lipinski definition) is 1. The molecule has 1 aromatic heterocycles. The van der Waals surface area contributed by atoms with Crippen LogP contribution in [0.25, 0.3) is 11.1 Å². The van der Waals surface area contributed by atoms with Gasteiger partial charge in [0, 0.05) is 12.1 Å². The summed E-state index contributed by atoms with van der Waals surface area (Å²) in [6, 6.07) is 16.1. The van der Waals surface area contributed by atoms with Crippen molar-refractivity contribution in [3.63, 3.8) is 0 Å². The lowest BCUT2D eigenvalue weighted by Gasteiger charge is -2.20. The maximum Gasteiger partial charge on any atom is 0.417 e. The minimum Gasteiger partial charge on any atom is -0.478 e.